The summed E-state index contributed by atoms with van der Waals surface area (Å²) in [5, 5.41) is 0. The minimum absolute atomic E-state index is 1.03. The van der Waals surface area contributed by atoms with E-state index in [0.29, 0.717) is 0 Å². The van der Waals surface area contributed by atoms with Crippen molar-refractivity contribution < 1.29 is 26.1 Å². The maximum Gasteiger partial charge on any atom is 0.522 e. The van der Waals surface area contributed by atoms with Gasteiger partial charge in [-0.05, 0) is 44.8 Å². The molecule has 1 aliphatic rings. The minimum atomic E-state index is -5.84. The van der Waals surface area contributed by atoms with Crippen molar-refractivity contribution in [1.29, 1.82) is 0 Å². The van der Waals surface area contributed by atoms with Gasteiger partial charge in [0.1, 0.15) is 0 Å². The molecule has 1 aliphatic heterocycles. The number of rotatable bonds is 4. The first-order valence-electron chi connectivity index (χ1n) is 6.87. The second-order valence-corrected chi connectivity index (χ2v) is 6.38. The van der Waals surface area contributed by atoms with Crippen molar-refractivity contribution >= 4 is 10.1 Å². The lowest BCUT2D eigenvalue weighted by molar-refractivity contribution is -0.0510. The van der Waals surface area contributed by atoms with E-state index in [1.165, 1.54) is 51.7 Å². The first kappa shape index (κ1) is 19.7. The molecule has 0 unspecified atom stereocenters. The molecular weight excluding hydrogens is 295 g/mol. The SMILES string of the molecule is CCCCN1CCC(CC)CC1.O=S(=O)(O)C(F)(F)F. The van der Waals surface area contributed by atoms with Crippen molar-refractivity contribution in [2.75, 3.05) is 19.6 Å². The Balaban J connectivity index is 0.000000396. The molecule has 20 heavy (non-hydrogen) atoms. The summed E-state index contributed by atoms with van der Waals surface area (Å²) in [5.74, 6) is 1.03. The molecule has 0 bridgehead atoms. The highest BCUT2D eigenvalue weighted by Crippen LogP contribution is 2.20. The molecule has 1 heterocycles. The van der Waals surface area contributed by atoms with Gasteiger partial charge >= 0.3 is 15.6 Å². The largest absolute Gasteiger partial charge is 0.522 e. The zero-order valence-electron chi connectivity index (χ0n) is 12.0. The average molecular weight is 319 g/mol. The summed E-state index contributed by atoms with van der Waals surface area (Å²) in [5.41, 5.74) is -5.53. The Hall–Kier alpha value is -0.340. The number of nitrogens with zero attached hydrogens (tertiary/aromatic N) is 1. The highest BCUT2D eigenvalue weighted by molar-refractivity contribution is 7.86. The van der Waals surface area contributed by atoms with Crippen molar-refractivity contribution in [3.05, 3.63) is 0 Å². The van der Waals surface area contributed by atoms with Crippen LogP contribution >= 0.6 is 0 Å². The summed E-state index contributed by atoms with van der Waals surface area (Å²) in [4.78, 5) is 2.63. The maximum absolute atomic E-state index is 10.7. The Morgan fingerprint density at radius 3 is 1.95 bits per heavy atom. The Kier molecular flexibility index (Phi) is 8.69. The predicted molar refractivity (Wildman–Crippen MR) is 72.0 cm³/mol. The molecule has 0 aromatic rings. The Bertz CT molecular complexity index is 349. The maximum atomic E-state index is 10.7. The zero-order chi connectivity index (χ0) is 15.8. The van der Waals surface area contributed by atoms with Gasteiger partial charge in [-0.1, -0.05) is 26.7 Å². The van der Waals surface area contributed by atoms with Crippen LogP contribution in [0.5, 0.6) is 0 Å². The van der Waals surface area contributed by atoms with Crippen LogP contribution in [0.2, 0.25) is 0 Å². The molecule has 122 valence electrons. The van der Waals surface area contributed by atoms with Gasteiger partial charge in [0.2, 0.25) is 0 Å². The van der Waals surface area contributed by atoms with Crippen LogP contribution in [-0.4, -0.2) is 43.0 Å². The van der Waals surface area contributed by atoms with Crippen molar-refractivity contribution in [3.8, 4) is 0 Å². The van der Waals surface area contributed by atoms with Crippen molar-refractivity contribution in [2.24, 2.45) is 5.92 Å². The van der Waals surface area contributed by atoms with Gasteiger partial charge in [-0.25, -0.2) is 0 Å². The molecule has 1 fully saturated rings. The monoisotopic (exact) mass is 319 g/mol. The third-order valence-electron chi connectivity index (χ3n) is 3.40. The van der Waals surface area contributed by atoms with E-state index >= 15 is 0 Å². The van der Waals surface area contributed by atoms with E-state index in [4.69, 9.17) is 13.0 Å². The van der Waals surface area contributed by atoms with Crippen LogP contribution < -0.4 is 0 Å². The van der Waals surface area contributed by atoms with Crippen molar-refractivity contribution in [1.82, 2.24) is 4.90 Å². The molecule has 0 aromatic heterocycles. The summed E-state index contributed by atoms with van der Waals surface area (Å²) < 4.78 is 57.5. The fraction of sp³-hybridized carbons (Fsp3) is 1.00. The molecule has 1 saturated heterocycles. The van der Waals surface area contributed by atoms with E-state index in [1.54, 1.807) is 0 Å². The van der Waals surface area contributed by atoms with E-state index in [-0.39, 0.29) is 0 Å². The number of likely N-dealkylation sites (tertiary alicyclic amines) is 1. The van der Waals surface area contributed by atoms with Gasteiger partial charge in [0, 0.05) is 0 Å². The van der Waals surface area contributed by atoms with Gasteiger partial charge in [0.05, 0.1) is 0 Å². The molecule has 0 amide bonds. The van der Waals surface area contributed by atoms with Crippen LogP contribution in [0.1, 0.15) is 46.0 Å². The van der Waals surface area contributed by atoms with E-state index in [0.717, 1.165) is 5.92 Å². The van der Waals surface area contributed by atoms with Gasteiger partial charge in [-0.15, -0.1) is 0 Å². The Morgan fingerprint density at radius 1 is 1.20 bits per heavy atom. The van der Waals surface area contributed by atoms with Crippen molar-refractivity contribution in [2.45, 2.75) is 51.5 Å². The first-order chi connectivity index (χ1) is 9.11. The Labute approximate surface area is 119 Å². The molecule has 1 rings (SSSR count). The predicted octanol–water partition coefficient (Wildman–Crippen LogP) is 3.30. The average Bonchev–Trinajstić information content (AvgIpc) is 2.35. The summed E-state index contributed by atoms with van der Waals surface area (Å²) in [7, 11) is -5.84. The fourth-order valence-corrected chi connectivity index (χ4v) is 2.00. The number of alkyl halides is 3. The molecule has 0 aliphatic carbocycles. The topological polar surface area (TPSA) is 57.6 Å². The zero-order valence-corrected chi connectivity index (χ0v) is 12.8. The highest BCUT2D eigenvalue weighted by Gasteiger charge is 2.44. The van der Waals surface area contributed by atoms with Gasteiger partial charge < -0.3 is 4.90 Å². The lowest BCUT2D eigenvalue weighted by Gasteiger charge is -2.31. The van der Waals surface area contributed by atoms with Gasteiger partial charge in [-0.3, -0.25) is 4.55 Å². The number of halogens is 3. The number of hydrogen-bond acceptors (Lipinski definition) is 3. The molecule has 1 N–H and O–H groups in total. The Morgan fingerprint density at radius 2 is 1.65 bits per heavy atom. The molecule has 0 spiro atoms. The molecule has 0 radical (unpaired) electrons. The van der Waals surface area contributed by atoms with Crippen LogP contribution in [0.4, 0.5) is 13.2 Å². The lowest BCUT2D eigenvalue weighted by atomic mass is 9.94. The summed E-state index contributed by atoms with van der Waals surface area (Å²) >= 11 is 0. The summed E-state index contributed by atoms with van der Waals surface area (Å²) in [6.07, 6.45) is 7.01. The summed E-state index contributed by atoms with van der Waals surface area (Å²) in [6.45, 7) is 8.66. The standard InChI is InChI=1S/C11H23N.CHF3O3S/c1-3-5-8-12-9-6-11(4-2)7-10-12;2-1(3,4)8(5,6)7/h11H,3-10H2,1-2H3;(H,5,6,7). The molecule has 0 saturated carbocycles. The summed E-state index contributed by atoms with van der Waals surface area (Å²) in [6, 6.07) is 0. The van der Waals surface area contributed by atoms with Crippen molar-refractivity contribution in [3.63, 3.8) is 0 Å². The van der Waals surface area contributed by atoms with Gasteiger partial charge in [0.25, 0.3) is 0 Å². The second kappa shape index (κ2) is 8.84. The van der Waals surface area contributed by atoms with E-state index in [2.05, 4.69) is 18.7 Å². The lowest BCUT2D eigenvalue weighted by Crippen LogP contribution is -2.34. The molecule has 0 atom stereocenters. The molecule has 8 heteroatoms. The van der Waals surface area contributed by atoms with Crippen LogP contribution in [0.3, 0.4) is 0 Å². The molecule has 0 aromatic carbocycles. The first-order valence-corrected chi connectivity index (χ1v) is 8.31. The second-order valence-electron chi connectivity index (χ2n) is 4.97. The van der Waals surface area contributed by atoms with Gasteiger partial charge in [-0.2, -0.15) is 21.6 Å². The fourth-order valence-electron chi connectivity index (χ4n) is 2.00. The van der Waals surface area contributed by atoms with E-state index in [1.807, 2.05) is 0 Å². The van der Waals surface area contributed by atoms with Crippen LogP contribution in [0.25, 0.3) is 0 Å². The van der Waals surface area contributed by atoms with Gasteiger partial charge in [0.15, 0.2) is 0 Å². The third-order valence-corrected chi connectivity index (χ3v) is 3.99. The van der Waals surface area contributed by atoms with Crippen LogP contribution in [0, 0.1) is 5.92 Å². The molecular formula is C12H24F3NO3S. The minimum Gasteiger partial charge on any atom is -0.303 e. The number of piperidine rings is 1. The van der Waals surface area contributed by atoms with Crippen LogP contribution in [0.15, 0.2) is 0 Å². The van der Waals surface area contributed by atoms with Crippen LogP contribution in [-0.2, 0) is 10.1 Å². The normalized spacial score (nSPS) is 18.5. The van der Waals surface area contributed by atoms with E-state index in [9.17, 15) is 13.2 Å². The van der Waals surface area contributed by atoms with E-state index < -0.39 is 15.6 Å². The number of hydrogen-bond donors (Lipinski definition) is 1. The number of unbranched alkanes of at least 4 members (excludes halogenated alkanes) is 1. The highest BCUT2D eigenvalue weighted by atomic mass is 32.2. The quantitative estimate of drug-likeness (QED) is 0.638. The smallest absolute Gasteiger partial charge is 0.303 e. The molecule has 4 nitrogen and oxygen atoms in total. The third kappa shape index (κ3) is 8.06.